The van der Waals surface area contributed by atoms with Crippen molar-refractivity contribution in [2.75, 3.05) is 25.0 Å². The van der Waals surface area contributed by atoms with Gasteiger partial charge in [-0.05, 0) is 44.5 Å². The first kappa shape index (κ1) is 13.3. The Labute approximate surface area is 109 Å². The number of anilines is 1. The van der Waals surface area contributed by atoms with Crippen LogP contribution in [0.1, 0.15) is 44.2 Å². The standard InChI is InChI=1S/C15H23FN2/c1-12(17-2)13-7-8-15(14(16)11-13)18-9-5-3-4-6-10-18/h7-8,11-12,17H,3-6,9-10H2,1-2H3/t12-/m0/s1. The second kappa shape index (κ2) is 6.19. The van der Waals surface area contributed by atoms with Crippen molar-refractivity contribution in [1.29, 1.82) is 0 Å². The molecule has 0 bridgehead atoms. The van der Waals surface area contributed by atoms with Crippen molar-refractivity contribution in [3.8, 4) is 0 Å². The third kappa shape index (κ3) is 3.02. The highest BCUT2D eigenvalue weighted by atomic mass is 19.1. The second-order valence-electron chi connectivity index (χ2n) is 5.12. The summed E-state index contributed by atoms with van der Waals surface area (Å²) in [4.78, 5) is 2.19. The van der Waals surface area contributed by atoms with E-state index in [0.29, 0.717) is 0 Å². The van der Waals surface area contributed by atoms with Crippen LogP contribution in [0.15, 0.2) is 18.2 Å². The molecular formula is C15H23FN2. The number of nitrogens with one attached hydrogen (secondary N) is 1. The smallest absolute Gasteiger partial charge is 0.146 e. The first-order valence-corrected chi connectivity index (χ1v) is 6.94. The van der Waals surface area contributed by atoms with Gasteiger partial charge in [-0.25, -0.2) is 4.39 Å². The van der Waals surface area contributed by atoms with Crippen LogP contribution in [-0.4, -0.2) is 20.1 Å². The lowest BCUT2D eigenvalue weighted by Crippen LogP contribution is -2.25. The van der Waals surface area contributed by atoms with Crippen molar-refractivity contribution in [2.45, 2.75) is 38.6 Å². The maximum Gasteiger partial charge on any atom is 0.146 e. The van der Waals surface area contributed by atoms with Crippen molar-refractivity contribution in [3.05, 3.63) is 29.6 Å². The Morgan fingerprint density at radius 1 is 1.17 bits per heavy atom. The molecule has 100 valence electrons. The highest BCUT2D eigenvalue weighted by Crippen LogP contribution is 2.25. The number of benzene rings is 1. The van der Waals surface area contributed by atoms with E-state index in [-0.39, 0.29) is 11.9 Å². The van der Waals surface area contributed by atoms with E-state index in [2.05, 4.69) is 10.2 Å². The first-order valence-electron chi connectivity index (χ1n) is 6.94. The first-order chi connectivity index (χ1) is 8.72. The van der Waals surface area contributed by atoms with E-state index in [1.54, 1.807) is 6.07 Å². The zero-order chi connectivity index (χ0) is 13.0. The molecule has 0 amide bonds. The SMILES string of the molecule is CN[C@@H](C)c1ccc(N2CCCCCC2)c(F)c1. The molecule has 0 radical (unpaired) electrons. The van der Waals surface area contributed by atoms with Crippen LogP contribution < -0.4 is 10.2 Å². The van der Waals surface area contributed by atoms with E-state index >= 15 is 0 Å². The fraction of sp³-hybridized carbons (Fsp3) is 0.600. The summed E-state index contributed by atoms with van der Waals surface area (Å²) < 4.78 is 14.2. The fourth-order valence-electron chi connectivity index (χ4n) is 2.53. The Balaban J connectivity index is 2.18. The van der Waals surface area contributed by atoms with Crippen molar-refractivity contribution in [3.63, 3.8) is 0 Å². The molecule has 0 aromatic heterocycles. The van der Waals surface area contributed by atoms with E-state index in [4.69, 9.17) is 0 Å². The van der Waals surface area contributed by atoms with E-state index in [0.717, 1.165) is 24.3 Å². The van der Waals surface area contributed by atoms with Gasteiger partial charge in [0.05, 0.1) is 5.69 Å². The van der Waals surface area contributed by atoms with Gasteiger partial charge in [-0.1, -0.05) is 18.9 Å². The van der Waals surface area contributed by atoms with Gasteiger partial charge in [0.25, 0.3) is 0 Å². The minimum absolute atomic E-state index is 0.0866. The number of rotatable bonds is 3. The van der Waals surface area contributed by atoms with Gasteiger partial charge in [0.1, 0.15) is 5.82 Å². The van der Waals surface area contributed by atoms with Gasteiger partial charge in [-0.3, -0.25) is 0 Å². The molecule has 0 saturated carbocycles. The lowest BCUT2D eigenvalue weighted by Gasteiger charge is -2.24. The molecule has 1 saturated heterocycles. The lowest BCUT2D eigenvalue weighted by molar-refractivity contribution is 0.601. The minimum atomic E-state index is -0.0866. The van der Waals surface area contributed by atoms with Crippen molar-refractivity contribution >= 4 is 5.69 Å². The third-order valence-corrected chi connectivity index (χ3v) is 3.85. The maximum atomic E-state index is 14.2. The topological polar surface area (TPSA) is 15.3 Å². The molecule has 1 N–H and O–H groups in total. The van der Waals surface area contributed by atoms with Crippen LogP contribution in [0.5, 0.6) is 0 Å². The van der Waals surface area contributed by atoms with Gasteiger partial charge in [-0.2, -0.15) is 0 Å². The van der Waals surface area contributed by atoms with Crippen molar-refractivity contribution in [2.24, 2.45) is 0 Å². The zero-order valence-corrected chi connectivity index (χ0v) is 11.4. The Bertz CT molecular complexity index is 384. The fourth-order valence-corrected chi connectivity index (χ4v) is 2.53. The van der Waals surface area contributed by atoms with Gasteiger partial charge in [0.2, 0.25) is 0 Å². The highest BCUT2D eigenvalue weighted by Gasteiger charge is 2.15. The van der Waals surface area contributed by atoms with E-state index in [9.17, 15) is 4.39 Å². The summed E-state index contributed by atoms with van der Waals surface area (Å²) in [7, 11) is 1.89. The molecule has 1 heterocycles. The monoisotopic (exact) mass is 250 g/mol. The van der Waals surface area contributed by atoms with Crippen LogP contribution in [-0.2, 0) is 0 Å². The van der Waals surface area contributed by atoms with Crippen LogP contribution in [0, 0.1) is 5.82 Å². The van der Waals surface area contributed by atoms with Gasteiger partial charge in [0.15, 0.2) is 0 Å². The van der Waals surface area contributed by atoms with Crippen molar-refractivity contribution in [1.82, 2.24) is 5.32 Å². The molecular weight excluding hydrogens is 227 g/mol. The highest BCUT2D eigenvalue weighted by molar-refractivity contribution is 5.49. The molecule has 1 aliphatic heterocycles. The Morgan fingerprint density at radius 3 is 2.39 bits per heavy atom. The zero-order valence-electron chi connectivity index (χ0n) is 11.4. The number of hydrogen-bond acceptors (Lipinski definition) is 2. The number of hydrogen-bond donors (Lipinski definition) is 1. The van der Waals surface area contributed by atoms with Crippen LogP contribution in [0.2, 0.25) is 0 Å². The quantitative estimate of drug-likeness (QED) is 0.883. The van der Waals surface area contributed by atoms with Gasteiger partial charge < -0.3 is 10.2 Å². The molecule has 1 aromatic rings. The van der Waals surface area contributed by atoms with Gasteiger partial charge >= 0.3 is 0 Å². The molecule has 1 aliphatic rings. The molecule has 1 aromatic carbocycles. The Kier molecular flexibility index (Phi) is 4.59. The summed E-state index contributed by atoms with van der Waals surface area (Å²) in [5, 5.41) is 3.14. The third-order valence-electron chi connectivity index (χ3n) is 3.85. The van der Waals surface area contributed by atoms with Crippen LogP contribution in [0.3, 0.4) is 0 Å². The van der Waals surface area contributed by atoms with Gasteiger partial charge in [-0.15, -0.1) is 0 Å². The average Bonchev–Trinajstić information content (AvgIpc) is 2.66. The molecule has 0 unspecified atom stereocenters. The summed E-state index contributed by atoms with van der Waals surface area (Å²) in [6.07, 6.45) is 4.89. The van der Waals surface area contributed by atoms with Crippen LogP contribution in [0.25, 0.3) is 0 Å². The van der Waals surface area contributed by atoms with Crippen LogP contribution in [0.4, 0.5) is 10.1 Å². The van der Waals surface area contributed by atoms with E-state index in [1.807, 2.05) is 26.1 Å². The molecule has 2 rings (SSSR count). The van der Waals surface area contributed by atoms with E-state index in [1.165, 1.54) is 25.7 Å². The lowest BCUT2D eigenvalue weighted by atomic mass is 10.1. The molecule has 18 heavy (non-hydrogen) atoms. The largest absolute Gasteiger partial charge is 0.369 e. The summed E-state index contributed by atoms with van der Waals surface area (Å²) >= 11 is 0. The van der Waals surface area contributed by atoms with Crippen molar-refractivity contribution < 1.29 is 4.39 Å². The number of nitrogens with zero attached hydrogens (tertiary/aromatic N) is 1. The summed E-state index contributed by atoms with van der Waals surface area (Å²) in [6.45, 7) is 4.01. The predicted molar refractivity (Wildman–Crippen MR) is 74.6 cm³/mol. The Hall–Kier alpha value is -1.09. The van der Waals surface area contributed by atoms with E-state index < -0.39 is 0 Å². The second-order valence-corrected chi connectivity index (χ2v) is 5.12. The molecule has 3 heteroatoms. The average molecular weight is 250 g/mol. The predicted octanol–water partition coefficient (Wildman–Crippen LogP) is 3.49. The van der Waals surface area contributed by atoms with Crippen LogP contribution >= 0.6 is 0 Å². The molecule has 2 nitrogen and oxygen atoms in total. The summed E-state index contributed by atoms with van der Waals surface area (Å²) in [5.74, 6) is -0.0866. The Morgan fingerprint density at radius 2 is 1.83 bits per heavy atom. The normalized spacial score (nSPS) is 18.5. The molecule has 1 fully saturated rings. The maximum absolute atomic E-state index is 14.2. The minimum Gasteiger partial charge on any atom is -0.369 e. The number of halogens is 1. The van der Waals surface area contributed by atoms with Gasteiger partial charge in [0, 0.05) is 19.1 Å². The summed E-state index contributed by atoms with van der Waals surface area (Å²) in [5.41, 5.74) is 1.78. The molecule has 0 spiro atoms. The molecule has 1 atom stereocenters. The summed E-state index contributed by atoms with van der Waals surface area (Å²) in [6, 6.07) is 5.83. The molecule has 0 aliphatic carbocycles.